The molecule has 20 nitrogen and oxygen atoms in total. The van der Waals surface area contributed by atoms with Gasteiger partial charge in [-0.15, -0.1) is 0 Å². The molecule has 3 aromatic carbocycles. The lowest BCUT2D eigenvalue weighted by Crippen LogP contribution is -2.40. The molecule has 1 saturated carbocycles. The summed E-state index contributed by atoms with van der Waals surface area (Å²) in [6, 6.07) is 7.38. The van der Waals surface area contributed by atoms with Crippen LogP contribution in [0.3, 0.4) is 0 Å². The van der Waals surface area contributed by atoms with E-state index in [0.29, 0.717) is 12.3 Å². The zero-order valence-corrected chi connectivity index (χ0v) is 55.6. The molecule has 3 heterocycles. The number of rotatable bonds is 24. The van der Waals surface area contributed by atoms with Crippen LogP contribution in [0.25, 0.3) is 22.0 Å². The van der Waals surface area contributed by atoms with Gasteiger partial charge in [0.2, 0.25) is 21.8 Å². The SMILES string of the molecule is CCOP(=O)(OCC)Oc1cc(CP(=O)(OC)OC)cc(C)c1C(C)(C)CC(=O)N(c1nn(CC(F)(F)F)c2c(-c3ccc(C#CC(C)(C)S(C)(=O)=O)nc3[C@H](Cc3cc(F)cc(F)c3)NC(=O)Cn3nc(C(F)(F)F)c4c3C(F)(F)[C@@H]3CC43)ccc(Cl)c12)S(C)(=O)=O. The number of nitrogens with zero attached hydrogens (tertiary/aromatic N) is 6. The molecule has 35 heteroatoms. The summed E-state index contributed by atoms with van der Waals surface area (Å²) in [5, 5.41) is 8.77. The van der Waals surface area contributed by atoms with E-state index in [4.69, 9.17) is 34.2 Å². The molecule has 0 aliphatic heterocycles. The Morgan fingerprint density at radius 3 is 2.04 bits per heavy atom. The third-order valence-electron chi connectivity index (χ3n) is 15.4. The van der Waals surface area contributed by atoms with E-state index in [2.05, 4.69) is 32.3 Å². The molecule has 6 aromatic rings. The van der Waals surface area contributed by atoms with Gasteiger partial charge in [-0.25, -0.2) is 35.2 Å². The van der Waals surface area contributed by atoms with E-state index in [1.165, 1.54) is 60.6 Å². The fraction of sp³-hybridized carbons (Fsp3) is 0.466. The summed E-state index contributed by atoms with van der Waals surface area (Å²) in [6.45, 7) is 6.00. The van der Waals surface area contributed by atoms with Crippen molar-refractivity contribution >= 4 is 75.4 Å². The van der Waals surface area contributed by atoms with Gasteiger partial charge in [-0.1, -0.05) is 43.5 Å². The number of phosphoric acid groups is 1. The van der Waals surface area contributed by atoms with Crippen molar-refractivity contribution in [3.05, 3.63) is 122 Å². The Morgan fingerprint density at radius 1 is 0.871 bits per heavy atom. The van der Waals surface area contributed by atoms with E-state index >= 15 is 35.5 Å². The number of hydrogen-bond donors (Lipinski definition) is 1. The molecule has 506 valence electrons. The van der Waals surface area contributed by atoms with Crippen LogP contribution in [0.15, 0.2) is 54.6 Å². The molecular weight excluding hydrogens is 1350 g/mol. The number of halogens is 11. The number of alkyl halides is 8. The van der Waals surface area contributed by atoms with Gasteiger partial charge in [0.25, 0.3) is 5.92 Å². The molecule has 1 fully saturated rings. The second-order valence-electron chi connectivity index (χ2n) is 23.3. The molecule has 2 aliphatic carbocycles. The van der Waals surface area contributed by atoms with Crippen LogP contribution in [-0.4, -0.2) is 104 Å². The summed E-state index contributed by atoms with van der Waals surface area (Å²) in [6.07, 6.45) is -11.4. The highest BCUT2D eigenvalue weighted by molar-refractivity contribution is 7.93. The van der Waals surface area contributed by atoms with Gasteiger partial charge in [-0.3, -0.25) is 32.6 Å². The molecule has 1 N–H and O–H groups in total. The average Bonchev–Trinajstić information content (AvgIpc) is 1.52. The van der Waals surface area contributed by atoms with Gasteiger partial charge < -0.3 is 18.9 Å². The van der Waals surface area contributed by atoms with E-state index in [-0.39, 0.29) is 78.7 Å². The number of fused-ring (bicyclic) bond motifs is 4. The van der Waals surface area contributed by atoms with Crippen LogP contribution in [0.1, 0.15) is 117 Å². The Hall–Kier alpha value is -6.42. The maximum absolute atomic E-state index is 15.8. The van der Waals surface area contributed by atoms with Crippen molar-refractivity contribution in [3.63, 3.8) is 0 Å². The van der Waals surface area contributed by atoms with Crippen molar-refractivity contribution in [1.29, 1.82) is 0 Å². The van der Waals surface area contributed by atoms with E-state index in [0.717, 1.165) is 56.9 Å². The Labute approximate surface area is 533 Å². The van der Waals surface area contributed by atoms with Gasteiger partial charge in [0.05, 0.1) is 53.3 Å². The number of carbonyl (C=O) groups is 2. The first-order valence-electron chi connectivity index (χ1n) is 28.1. The van der Waals surface area contributed by atoms with Crippen molar-refractivity contribution in [1.82, 2.24) is 29.9 Å². The van der Waals surface area contributed by atoms with E-state index in [9.17, 15) is 43.9 Å². The number of aromatic nitrogens is 5. The fourth-order valence-electron chi connectivity index (χ4n) is 11.2. The Kier molecular flexibility index (Phi) is 20.2. The number of pyridine rings is 1. The number of hydrogen-bond acceptors (Lipinski definition) is 16. The lowest BCUT2D eigenvalue weighted by Gasteiger charge is -2.32. The van der Waals surface area contributed by atoms with Crippen LogP contribution in [0.5, 0.6) is 5.75 Å². The minimum absolute atomic E-state index is 0.0646. The van der Waals surface area contributed by atoms with Crippen LogP contribution in [0.2, 0.25) is 5.02 Å². The number of nitrogens with one attached hydrogen (secondary N) is 1. The molecular formula is C58H62ClF10N7O13P2S2. The molecule has 3 aromatic heterocycles. The number of benzene rings is 3. The van der Waals surface area contributed by atoms with Crippen molar-refractivity contribution < 1.29 is 102 Å². The average molecular weight is 1420 g/mol. The maximum atomic E-state index is 15.8. The zero-order chi connectivity index (χ0) is 69.3. The molecule has 93 heavy (non-hydrogen) atoms. The van der Waals surface area contributed by atoms with Crippen LogP contribution in [0.4, 0.5) is 49.7 Å². The van der Waals surface area contributed by atoms with Crippen molar-refractivity contribution in [3.8, 4) is 28.7 Å². The van der Waals surface area contributed by atoms with Crippen LogP contribution >= 0.6 is 27.0 Å². The van der Waals surface area contributed by atoms with E-state index < -0.39 is 181 Å². The van der Waals surface area contributed by atoms with Crippen molar-refractivity contribution in [2.45, 2.75) is 127 Å². The van der Waals surface area contributed by atoms with Crippen LogP contribution in [-0.2, 0) is 99.9 Å². The topological polar surface area (TPSA) is 247 Å². The van der Waals surface area contributed by atoms with E-state index in [1.54, 1.807) is 0 Å². The number of sulfonamides is 1. The Morgan fingerprint density at radius 2 is 1.48 bits per heavy atom. The minimum atomic E-state index is -5.26. The van der Waals surface area contributed by atoms with Gasteiger partial charge in [0, 0.05) is 66.5 Å². The van der Waals surface area contributed by atoms with Gasteiger partial charge in [-0.05, 0) is 112 Å². The molecule has 8 rings (SSSR count). The third kappa shape index (κ3) is 15.5. The van der Waals surface area contributed by atoms with Gasteiger partial charge in [0.1, 0.15) is 46.6 Å². The lowest BCUT2D eigenvalue weighted by atomic mass is 9.78. The predicted octanol–water partition coefficient (Wildman–Crippen LogP) is 12.8. The number of amides is 2. The summed E-state index contributed by atoms with van der Waals surface area (Å²) >= 11 is 6.89. The third-order valence-corrected chi connectivity index (χ3v) is 22.1. The van der Waals surface area contributed by atoms with Crippen molar-refractivity contribution in [2.24, 2.45) is 5.92 Å². The number of sulfone groups is 1. The standard InChI is InChI=1S/C58H62ClF10N7O13P2S2/c1-12-87-91(80,88-13-2)89-43-24-33(29-90(79,85-8)86-9)20-31(3)48(43)54(4,5)27-45(78)76(93(11,83)84)53-47-41(59)17-16-38(50(47)75(73-53)30-56(62,63)64)37-15-14-36(18-19-55(6,7)92(10,81)82)70-49(37)42(23-32-21-34(60)25-35(61)22-32)71-44(77)28-74-52-46(51(72-74)58(67,68)69)39-26-40(39)57(52,65)66/h14-17,20-22,24-25,39-40,42H,12-13,23,26-30H2,1-11H3,(H,71,77)/t39?,40-,42+/m1/s1. The molecule has 0 spiro atoms. The normalized spacial score (nSPS) is 16.4. The summed E-state index contributed by atoms with van der Waals surface area (Å²) in [5.41, 5.74) is -7.38. The van der Waals surface area contributed by atoms with Gasteiger partial charge >= 0.3 is 27.8 Å². The highest BCUT2D eigenvalue weighted by Crippen LogP contribution is 2.68. The Bertz CT molecular complexity index is 4340. The molecule has 2 amide bonds. The molecule has 2 aliphatic rings. The lowest BCUT2D eigenvalue weighted by molar-refractivity contribution is -0.143. The molecule has 0 bridgehead atoms. The first-order valence-corrected chi connectivity index (χ1v) is 35.4. The molecule has 0 radical (unpaired) electrons. The minimum Gasteiger partial charge on any atom is -0.404 e. The Balaban J connectivity index is 1.34. The second-order valence-corrected chi connectivity index (χ2v) is 32.0. The van der Waals surface area contributed by atoms with Gasteiger partial charge in [-0.2, -0.15) is 49.6 Å². The highest BCUT2D eigenvalue weighted by Gasteiger charge is 2.68. The smallest absolute Gasteiger partial charge is 0.404 e. The number of carbonyl (C=O) groups excluding carboxylic acids is 2. The highest BCUT2D eigenvalue weighted by atomic mass is 35.5. The predicted molar refractivity (Wildman–Crippen MR) is 321 cm³/mol. The number of phosphoric ester groups is 1. The summed E-state index contributed by atoms with van der Waals surface area (Å²) in [7, 11) is -15.1. The first kappa shape index (κ1) is 72.4. The van der Waals surface area contributed by atoms with Crippen molar-refractivity contribution in [2.75, 3.05) is 44.3 Å². The fourth-order valence-corrected chi connectivity index (χ4v) is 14.8. The summed E-state index contributed by atoms with van der Waals surface area (Å²) < 4.78 is 258. The number of anilines is 1. The van der Waals surface area contributed by atoms with E-state index in [1.807, 2.05) is 0 Å². The first-order chi connectivity index (χ1) is 42.8. The largest absolute Gasteiger partial charge is 0.530 e. The molecule has 0 saturated heterocycles. The maximum Gasteiger partial charge on any atom is 0.530 e. The van der Waals surface area contributed by atoms with Crippen LogP contribution < -0.4 is 14.1 Å². The summed E-state index contributed by atoms with van der Waals surface area (Å²) in [5.74, 6) is -7.91. The van der Waals surface area contributed by atoms with Crippen LogP contribution in [0, 0.1) is 36.3 Å². The summed E-state index contributed by atoms with van der Waals surface area (Å²) in [4.78, 5) is 34.2. The number of aryl methyl sites for hydroxylation is 1. The second kappa shape index (κ2) is 26.0. The monoisotopic (exact) mass is 1420 g/mol. The zero-order valence-electron chi connectivity index (χ0n) is 51.4. The molecule has 1 unspecified atom stereocenters. The quantitative estimate of drug-likeness (QED) is 0.0336. The van der Waals surface area contributed by atoms with Gasteiger partial charge in [0.15, 0.2) is 21.3 Å². The molecule has 3 atom stereocenters.